The minimum absolute atomic E-state index is 0.338. The Balaban J connectivity index is 2.04. The monoisotopic (exact) mass is 239 g/mol. The highest BCUT2D eigenvalue weighted by atomic mass is 32.2. The van der Waals surface area contributed by atoms with E-state index in [0.717, 1.165) is 4.90 Å². The van der Waals surface area contributed by atoms with Gasteiger partial charge in [0.05, 0.1) is 12.8 Å². The summed E-state index contributed by atoms with van der Waals surface area (Å²) < 4.78 is 13.0. The number of thioether (sulfide) groups is 1. The lowest BCUT2D eigenvalue weighted by atomic mass is 10.3. The molecule has 7 heteroatoms. The van der Waals surface area contributed by atoms with Crippen molar-refractivity contribution in [2.24, 2.45) is 7.05 Å². The minimum atomic E-state index is -0.338. The molecule has 0 bridgehead atoms. The predicted octanol–water partition coefficient (Wildman–Crippen LogP) is 1.22. The molecule has 2 aromatic rings. The molecule has 0 fully saturated rings. The van der Waals surface area contributed by atoms with E-state index in [1.165, 1.54) is 28.7 Å². The van der Waals surface area contributed by atoms with Gasteiger partial charge in [0.1, 0.15) is 5.82 Å². The Morgan fingerprint density at radius 3 is 2.88 bits per heavy atom. The fourth-order valence-electron chi connectivity index (χ4n) is 1.20. The maximum absolute atomic E-state index is 13.0. The summed E-state index contributed by atoms with van der Waals surface area (Å²) >= 11 is 1.42. The van der Waals surface area contributed by atoms with Crippen molar-refractivity contribution in [3.05, 3.63) is 29.8 Å². The molecule has 16 heavy (non-hydrogen) atoms. The molecule has 0 unspecified atom stereocenters. The maximum Gasteiger partial charge on any atom is 0.184 e. The number of tetrazole rings is 1. The van der Waals surface area contributed by atoms with Gasteiger partial charge >= 0.3 is 0 Å². The number of benzene rings is 1. The molecular weight excluding hydrogens is 229 g/mol. The summed E-state index contributed by atoms with van der Waals surface area (Å²) in [6.07, 6.45) is 0. The van der Waals surface area contributed by atoms with Gasteiger partial charge in [-0.15, -0.1) is 22.0 Å². The van der Waals surface area contributed by atoms with Crippen molar-refractivity contribution in [3.63, 3.8) is 0 Å². The lowest BCUT2D eigenvalue weighted by molar-refractivity contribution is 0.625. The lowest BCUT2D eigenvalue weighted by Gasteiger charge is -2.00. The Kier molecular flexibility index (Phi) is 3.04. The van der Waals surface area contributed by atoms with Gasteiger partial charge in [0, 0.05) is 10.6 Å². The molecule has 1 aromatic heterocycles. The van der Waals surface area contributed by atoms with Crippen LogP contribution in [0.15, 0.2) is 23.1 Å². The Labute approximate surface area is 95.8 Å². The molecule has 0 saturated carbocycles. The Bertz CT molecular complexity index is 478. The quantitative estimate of drug-likeness (QED) is 0.644. The van der Waals surface area contributed by atoms with Crippen LogP contribution >= 0.6 is 11.8 Å². The predicted molar refractivity (Wildman–Crippen MR) is 59.2 cm³/mol. The number of halogens is 1. The minimum Gasteiger partial charge on any atom is -0.399 e. The fraction of sp³-hybridized carbons (Fsp3) is 0.222. The zero-order valence-corrected chi connectivity index (χ0v) is 9.41. The molecule has 2 N–H and O–H groups in total. The summed E-state index contributed by atoms with van der Waals surface area (Å²) in [4.78, 5) is 2.14. The number of anilines is 1. The summed E-state index contributed by atoms with van der Waals surface area (Å²) in [5.41, 5.74) is 5.94. The average molecular weight is 239 g/mol. The van der Waals surface area contributed by atoms with Gasteiger partial charge < -0.3 is 5.73 Å². The van der Waals surface area contributed by atoms with E-state index in [9.17, 15) is 4.39 Å². The van der Waals surface area contributed by atoms with Crippen molar-refractivity contribution in [1.82, 2.24) is 20.2 Å². The molecule has 2 rings (SSSR count). The highest BCUT2D eigenvalue weighted by molar-refractivity contribution is 7.98. The van der Waals surface area contributed by atoms with Crippen molar-refractivity contribution in [3.8, 4) is 0 Å². The molecule has 0 spiro atoms. The molecule has 1 heterocycles. The highest BCUT2D eigenvalue weighted by Gasteiger charge is 2.03. The van der Waals surface area contributed by atoms with Crippen LogP contribution in [0.4, 0.5) is 10.1 Å². The number of nitrogens with zero attached hydrogens (tertiary/aromatic N) is 4. The number of rotatable bonds is 3. The standard InChI is InChI=1S/C9H10FN5S/c1-15-13-9(12-14-15)5-16-8-3-6(10)2-7(11)4-8/h2-4H,5,11H2,1H3. The fourth-order valence-corrected chi connectivity index (χ4v) is 2.02. The number of nitrogen functional groups attached to an aromatic ring is 1. The van der Waals surface area contributed by atoms with Gasteiger partial charge in [-0.1, -0.05) is 0 Å². The summed E-state index contributed by atoms with van der Waals surface area (Å²) in [7, 11) is 1.70. The van der Waals surface area contributed by atoms with Crippen molar-refractivity contribution >= 4 is 17.4 Å². The number of nitrogens with two attached hydrogens (primary N) is 1. The van der Waals surface area contributed by atoms with Crippen LogP contribution in [0.2, 0.25) is 0 Å². The van der Waals surface area contributed by atoms with Crippen LogP contribution in [0.3, 0.4) is 0 Å². The molecular formula is C9H10FN5S. The summed E-state index contributed by atoms with van der Waals surface area (Å²) in [6, 6.07) is 4.42. The number of hydrogen-bond acceptors (Lipinski definition) is 5. The Morgan fingerprint density at radius 2 is 2.25 bits per heavy atom. The second-order valence-electron chi connectivity index (χ2n) is 3.20. The number of aryl methyl sites for hydroxylation is 1. The first-order valence-electron chi connectivity index (χ1n) is 4.55. The van der Waals surface area contributed by atoms with Crippen LogP contribution in [-0.4, -0.2) is 20.2 Å². The maximum atomic E-state index is 13.0. The zero-order valence-electron chi connectivity index (χ0n) is 8.59. The van der Waals surface area contributed by atoms with E-state index in [-0.39, 0.29) is 5.82 Å². The second kappa shape index (κ2) is 4.48. The molecule has 0 saturated heterocycles. The first-order valence-corrected chi connectivity index (χ1v) is 5.54. The molecule has 0 aliphatic heterocycles. The summed E-state index contributed by atoms with van der Waals surface area (Å²) in [5.74, 6) is 0.807. The van der Waals surface area contributed by atoms with Crippen LogP contribution in [0, 0.1) is 5.82 Å². The van der Waals surface area contributed by atoms with Crippen molar-refractivity contribution in [2.75, 3.05) is 5.73 Å². The summed E-state index contributed by atoms with van der Waals surface area (Å²) in [6.45, 7) is 0. The van der Waals surface area contributed by atoms with E-state index in [1.54, 1.807) is 13.1 Å². The van der Waals surface area contributed by atoms with Gasteiger partial charge in [0.15, 0.2) is 5.82 Å². The molecule has 1 aromatic carbocycles. The Morgan fingerprint density at radius 1 is 1.44 bits per heavy atom. The van der Waals surface area contributed by atoms with E-state index in [1.807, 2.05) is 0 Å². The zero-order chi connectivity index (χ0) is 11.5. The van der Waals surface area contributed by atoms with Crippen LogP contribution in [0.25, 0.3) is 0 Å². The van der Waals surface area contributed by atoms with E-state index in [0.29, 0.717) is 17.3 Å². The third-order valence-corrected chi connectivity index (χ3v) is 2.78. The SMILES string of the molecule is Cn1nnc(CSc2cc(N)cc(F)c2)n1. The van der Waals surface area contributed by atoms with Gasteiger partial charge in [-0.2, -0.15) is 4.80 Å². The van der Waals surface area contributed by atoms with Crippen LogP contribution in [-0.2, 0) is 12.8 Å². The molecule has 0 aliphatic rings. The third kappa shape index (κ3) is 2.69. The number of aromatic nitrogens is 4. The normalized spacial score (nSPS) is 10.6. The molecule has 5 nitrogen and oxygen atoms in total. The molecule has 0 atom stereocenters. The van der Waals surface area contributed by atoms with Crippen molar-refractivity contribution in [1.29, 1.82) is 0 Å². The van der Waals surface area contributed by atoms with Gasteiger partial charge in [-0.25, -0.2) is 4.39 Å². The molecule has 0 aliphatic carbocycles. The third-order valence-electron chi connectivity index (χ3n) is 1.81. The Hall–Kier alpha value is -1.63. The van der Waals surface area contributed by atoms with Gasteiger partial charge in [0.2, 0.25) is 0 Å². The molecule has 0 radical (unpaired) electrons. The smallest absolute Gasteiger partial charge is 0.184 e. The van der Waals surface area contributed by atoms with Gasteiger partial charge in [-0.05, 0) is 23.4 Å². The van der Waals surface area contributed by atoms with Gasteiger partial charge in [0.25, 0.3) is 0 Å². The van der Waals surface area contributed by atoms with Crippen LogP contribution in [0.1, 0.15) is 5.82 Å². The van der Waals surface area contributed by atoms with Crippen molar-refractivity contribution < 1.29 is 4.39 Å². The van der Waals surface area contributed by atoms with E-state index in [2.05, 4.69) is 15.4 Å². The first-order chi connectivity index (χ1) is 7.63. The lowest BCUT2D eigenvalue weighted by Crippen LogP contribution is -1.92. The van der Waals surface area contributed by atoms with Crippen molar-refractivity contribution in [2.45, 2.75) is 10.6 Å². The van der Waals surface area contributed by atoms with Gasteiger partial charge in [-0.3, -0.25) is 0 Å². The van der Waals surface area contributed by atoms with E-state index in [4.69, 9.17) is 5.73 Å². The second-order valence-corrected chi connectivity index (χ2v) is 4.25. The van der Waals surface area contributed by atoms with E-state index >= 15 is 0 Å². The van der Waals surface area contributed by atoms with E-state index < -0.39 is 0 Å². The average Bonchev–Trinajstić information content (AvgIpc) is 2.60. The topological polar surface area (TPSA) is 69.6 Å². The van der Waals surface area contributed by atoms with Crippen LogP contribution < -0.4 is 5.73 Å². The number of hydrogen-bond donors (Lipinski definition) is 1. The van der Waals surface area contributed by atoms with Crippen LogP contribution in [0.5, 0.6) is 0 Å². The molecule has 84 valence electrons. The summed E-state index contributed by atoms with van der Waals surface area (Å²) in [5, 5.41) is 11.6. The first kappa shape index (κ1) is 10.9. The molecule has 0 amide bonds. The highest BCUT2D eigenvalue weighted by Crippen LogP contribution is 2.24. The largest absolute Gasteiger partial charge is 0.399 e.